The zero-order valence-corrected chi connectivity index (χ0v) is 15.3. The molecule has 0 spiro atoms. The van der Waals surface area contributed by atoms with Crippen LogP contribution in [0.5, 0.6) is 0 Å². The highest BCUT2D eigenvalue weighted by Gasteiger charge is 2.19. The van der Waals surface area contributed by atoms with Crippen LogP contribution in [0.4, 0.5) is 10.1 Å². The third-order valence-electron chi connectivity index (χ3n) is 4.31. The number of sulfonamides is 1. The van der Waals surface area contributed by atoms with Crippen molar-refractivity contribution in [1.82, 2.24) is 4.72 Å². The molecule has 0 fully saturated rings. The summed E-state index contributed by atoms with van der Waals surface area (Å²) in [4.78, 5) is 2.26. The fourth-order valence-electron chi connectivity index (χ4n) is 3.05. The van der Waals surface area contributed by atoms with E-state index in [1.165, 1.54) is 29.4 Å². The van der Waals surface area contributed by atoms with Gasteiger partial charge in [-0.3, -0.25) is 0 Å². The number of para-hydroxylation sites is 1. The minimum Gasteiger partial charge on any atom is -0.371 e. The van der Waals surface area contributed by atoms with Gasteiger partial charge in [0, 0.05) is 35.9 Å². The number of nitrogens with one attached hydrogen (secondary N) is 1. The van der Waals surface area contributed by atoms with Gasteiger partial charge in [-0.25, -0.2) is 17.5 Å². The summed E-state index contributed by atoms with van der Waals surface area (Å²) in [5, 5.41) is 0.124. The van der Waals surface area contributed by atoms with Crippen molar-refractivity contribution >= 4 is 27.3 Å². The van der Waals surface area contributed by atoms with Gasteiger partial charge in [0.25, 0.3) is 0 Å². The predicted octanol–water partition coefficient (Wildman–Crippen LogP) is 3.35. The van der Waals surface area contributed by atoms with Crippen LogP contribution in [0.3, 0.4) is 0 Å². The van der Waals surface area contributed by atoms with E-state index in [0.717, 1.165) is 19.5 Å². The summed E-state index contributed by atoms with van der Waals surface area (Å²) >= 11 is 5.89. The number of halogens is 2. The third-order valence-corrected chi connectivity index (χ3v) is 5.97. The van der Waals surface area contributed by atoms with Crippen LogP contribution in [0.2, 0.25) is 5.02 Å². The molecule has 0 radical (unpaired) electrons. The second kappa shape index (κ2) is 7.72. The molecule has 1 aliphatic heterocycles. The Hall–Kier alpha value is -1.63. The standard InChI is InChI=1S/C18H20ClFN2O2S/c19-16-6-3-7-17(20)15(16)13-25(23,24)21-10-4-11-22-12-9-14-5-1-2-8-18(14)22/h1-3,5-8,21H,4,9-13H2. The largest absolute Gasteiger partial charge is 0.371 e. The monoisotopic (exact) mass is 382 g/mol. The van der Waals surface area contributed by atoms with E-state index in [-0.39, 0.29) is 10.6 Å². The maximum absolute atomic E-state index is 13.7. The quantitative estimate of drug-likeness (QED) is 0.747. The number of hydrogen-bond acceptors (Lipinski definition) is 3. The zero-order chi connectivity index (χ0) is 17.9. The van der Waals surface area contributed by atoms with Crippen LogP contribution in [0.1, 0.15) is 17.5 Å². The van der Waals surface area contributed by atoms with Crippen molar-refractivity contribution in [3.8, 4) is 0 Å². The molecule has 1 aliphatic rings. The number of nitrogens with zero attached hydrogens (tertiary/aromatic N) is 1. The van der Waals surface area contributed by atoms with Crippen molar-refractivity contribution in [3.05, 3.63) is 64.4 Å². The fourth-order valence-corrected chi connectivity index (χ4v) is 4.59. The van der Waals surface area contributed by atoms with Crippen LogP contribution in [0.25, 0.3) is 0 Å². The average molecular weight is 383 g/mol. The van der Waals surface area contributed by atoms with E-state index in [0.29, 0.717) is 13.0 Å². The molecule has 0 amide bonds. The molecule has 0 unspecified atom stereocenters. The van der Waals surface area contributed by atoms with Gasteiger partial charge in [-0.05, 0) is 36.6 Å². The van der Waals surface area contributed by atoms with Gasteiger partial charge in [0.15, 0.2) is 0 Å². The predicted molar refractivity (Wildman–Crippen MR) is 99.0 cm³/mol. The Bertz CT molecular complexity index is 838. The molecule has 0 saturated heterocycles. The third kappa shape index (κ3) is 4.51. The van der Waals surface area contributed by atoms with E-state index in [4.69, 9.17) is 11.6 Å². The Balaban J connectivity index is 1.50. The normalized spacial score (nSPS) is 13.9. The van der Waals surface area contributed by atoms with Gasteiger partial charge >= 0.3 is 0 Å². The molecule has 25 heavy (non-hydrogen) atoms. The fraction of sp³-hybridized carbons (Fsp3) is 0.333. The first kappa shape index (κ1) is 18.2. The summed E-state index contributed by atoms with van der Waals surface area (Å²) < 4.78 is 40.6. The smallest absolute Gasteiger partial charge is 0.215 e. The van der Waals surface area contributed by atoms with E-state index >= 15 is 0 Å². The van der Waals surface area contributed by atoms with Gasteiger partial charge in [0.05, 0.1) is 5.75 Å². The van der Waals surface area contributed by atoms with Crippen molar-refractivity contribution < 1.29 is 12.8 Å². The Labute approximate surface area is 152 Å². The summed E-state index contributed by atoms with van der Waals surface area (Å²) in [6, 6.07) is 12.4. The summed E-state index contributed by atoms with van der Waals surface area (Å²) in [5.74, 6) is -1.06. The molecule has 0 aliphatic carbocycles. The molecule has 2 aromatic rings. The van der Waals surface area contributed by atoms with E-state index in [1.54, 1.807) is 0 Å². The molecule has 0 bridgehead atoms. The van der Waals surface area contributed by atoms with Crippen LogP contribution in [0.15, 0.2) is 42.5 Å². The molecular weight excluding hydrogens is 363 g/mol. The molecule has 2 aromatic carbocycles. The highest BCUT2D eigenvalue weighted by Crippen LogP contribution is 2.27. The minimum absolute atomic E-state index is 0.00476. The van der Waals surface area contributed by atoms with Crippen LogP contribution in [0, 0.1) is 5.82 Å². The van der Waals surface area contributed by atoms with Crippen molar-refractivity contribution in [2.45, 2.75) is 18.6 Å². The Morgan fingerprint density at radius 3 is 2.76 bits per heavy atom. The van der Waals surface area contributed by atoms with Gasteiger partial charge < -0.3 is 4.90 Å². The first-order valence-electron chi connectivity index (χ1n) is 8.19. The van der Waals surface area contributed by atoms with Gasteiger partial charge in [-0.1, -0.05) is 35.9 Å². The number of anilines is 1. The summed E-state index contributed by atoms with van der Waals surface area (Å²) in [5.41, 5.74) is 2.56. The van der Waals surface area contributed by atoms with Gasteiger partial charge in [0.2, 0.25) is 10.0 Å². The zero-order valence-electron chi connectivity index (χ0n) is 13.7. The SMILES string of the molecule is O=S(=O)(Cc1c(F)cccc1Cl)NCCCN1CCc2ccccc21. The molecule has 0 aromatic heterocycles. The summed E-state index contributed by atoms with van der Waals surface area (Å²) in [6.45, 7) is 2.05. The van der Waals surface area contributed by atoms with Gasteiger partial charge in [-0.2, -0.15) is 0 Å². The van der Waals surface area contributed by atoms with Gasteiger partial charge in [-0.15, -0.1) is 0 Å². The second-order valence-electron chi connectivity index (χ2n) is 6.07. The molecule has 0 atom stereocenters. The Morgan fingerprint density at radius 2 is 1.96 bits per heavy atom. The molecule has 0 saturated carbocycles. The van der Waals surface area contributed by atoms with Crippen molar-refractivity contribution in [3.63, 3.8) is 0 Å². The Morgan fingerprint density at radius 1 is 1.16 bits per heavy atom. The molecule has 1 N–H and O–H groups in total. The van der Waals surface area contributed by atoms with E-state index in [9.17, 15) is 12.8 Å². The number of hydrogen-bond donors (Lipinski definition) is 1. The highest BCUT2D eigenvalue weighted by atomic mass is 35.5. The number of benzene rings is 2. The Kier molecular flexibility index (Phi) is 5.61. The van der Waals surface area contributed by atoms with Crippen LogP contribution >= 0.6 is 11.6 Å². The van der Waals surface area contributed by atoms with Crippen molar-refractivity contribution in [2.75, 3.05) is 24.5 Å². The van der Waals surface area contributed by atoms with Crippen molar-refractivity contribution in [1.29, 1.82) is 0 Å². The number of fused-ring (bicyclic) bond motifs is 1. The highest BCUT2D eigenvalue weighted by molar-refractivity contribution is 7.88. The van der Waals surface area contributed by atoms with Crippen LogP contribution in [-0.2, 0) is 22.2 Å². The van der Waals surface area contributed by atoms with Crippen LogP contribution < -0.4 is 9.62 Å². The lowest BCUT2D eigenvalue weighted by molar-refractivity contribution is 0.572. The first-order chi connectivity index (χ1) is 12.0. The molecule has 134 valence electrons. The van der Waals surface area contributed by atoms with Crippen molar-refractivity contribution in [2.24, 2.45) is 0 Å². The maximum atomic E-state index is 13.7. The summed E-state index contributed by atoms with van der Waals surface area (Å²) in [6.07, 6.45) is 1.70. The van der Waals surface area contributed by atoms with E-state index in [2.05, 4.69) is 21.8 Å². The average Bonchev–Trinajstić information content (AvgIpc) is 2.99. The lowest BCUT2D eigenvalue weighted by Crippen LogP contribution is -2.30. The lowest BCUT2D eigenvalue weighted by Gasteiger charge is -2.19. The number of rotatable bonds is 7. The molecule has 4 nitrogen and oxygen atoms in total. The lowest BCUT2D eigenvalue weighted by atomic mass is 10.2. The minimum atomic E-state index is -3.63. The maximum Gasteiger partial charge on any atom is 0.215 e. The van der Waals surface area contributed by atoms with E-state index < -0.39 is 21.6 Å². The molecule has 7 heteroatoms. The topological polar surface area (TPSA) is 49.4 Å². The molecular formula is C18H20ClFN2O2S. The van der Waals surface area contributed by atoms with Crippen LogP contribution in [-0.4, -0.2) is 28.1 Å². The molecule has 1 heterocycles. The van der Waals surface area contributed by atoms with E-state index in [1.807, 2.05) is 12.1 Å². The van der Waals surface area contributed by atoms with Gasteiger partial charge in [0.1, 0.15) is 5.82 Å². The molecule has 3 rings (SSSR count). The summed E-state index contributed by atoms with van der Waals surface area (Å²) in [7, 11) is -3.63. The second-order valence-corrected chi connectivity index (χ2v) is 8.29. The first-order valence-corrected chi connectivity index (χ1v) is 10.2.